The van der Waals surface area contributed by atoms with E-state index in [-0.39, 0.29) is 11.7 Å². The summed E-state index contributed by atoms with van der Waals surface area (Å²) >= 11 is 0. The van der Waals surface area contributed by atoms with Crippen LogP contribution in [0.1, 0.15) is 37.0 Å². The van der Waals surface area contributed by atoms with Gasteiger partial charge in [0.05, 0.1) is 0 Å². The minimum Gasteiger partial charge on any atom is -0.508 e. The summed E-state index contributed by atoms with van der Waals surface area (Å²) in [5.41, 5.74) is 2.48. The van der Waals surface area contributed by atoms with Gasteiger partial charge in [-0.3, -0.25) is 5.32 Å². The summed E-state index contributed by atoms with van der Waals surface area (Å²) in [7, 11) is 0. The summed E-state index contributed by atoms with van der Waals surface area (Å²) in [5, 5.41) is 20.9. The van der Waals surface area contributed by atoms with Gasteiger partial charge in [-0.05, 0) is 55.5 Å². The maximum absolute atomic E-state index is 12.4. The molecule has 0 saturated carbocycles. The second-order valence-electron chi connectivity index (χ2n) is 6.70. The Kier molecular flexibility index (Phi) is 7.63. The number of aliphatic carboxylic acids is 1. The molecule has 3 N–H and O–H groups in total. The molecule has 2 rings (SSSR count). The molecular formula is C22H25NO5. The number of aryl methyl sites for hydroxylation is 1. The maximum Gasteiger partial charge on any atom is 0.412 e. The van der Waals surface area contributed by atoms with Gasteiger partial charge in [0.25, 0.3) is 0 Å². The van der Waals surface area contributed by atoms with Crippen molar-refractivity contribution in [2.24, 2.45) is 5.92 Å². The number of carbonyl (C=O) groups excluding carboxylic acids is 1. The van der Waals surface area contributed by atoms with Gasteiger partial charge in [-0.25, -0.2) is 9.59 Å². The van der Waals surface area contributed by atoms with Crippen molar-refractivity contribution in [3.63, 3.8) is 0 Å². The van der Waals surface area contributed by atoms with Gasteiger partial charge in [-0.15, -0.1) is 0 Å². The molecule has 0 aliphatic rings. The Morgan fingerprint density at radius 1 is 1.11 bits per heavy atom. The third-order valence-electron chi connectivity index (χ3n) is 4.32. The standard InChI is InChI=1S/C22H25NO5/c1-15-7-11-18(12-8-15)23-22(27)28-21(17-9-13-19(24)14-10-17)16(2)5-3-4-6-20(25)26/h4,6-14,16,21,24H,3,5H2,1-2H3,(H,23,27)(H,25,26)/b6-4+/t16-,21-/m0/s1. The number of phenols is 1. The number of anilines is 1. The first-order chi connectivity index (χ1) is 13.3. The molecule has 148 valence electrons. The Hall–Kier alpha value is -3.28. The number of carboxylic acids is 1. The van der Waals surface area contributed by atoms with Crippen molar-refractivity contribution in [2.45, 2.75) is 32.8 Å². The van der Waals surface area contributed by atoms with Gasteiger partial charge < -0.3 is 14.9 Å². The predicted octanol–water partition coefficient (Wildman–Crippen LogP) is 5.05. The molecule has 0 heterocycles. The quantitative estimate of drug-likeness (QED) is 0.555. The number of hydrogen-bond acceptors (Lipinski definition) is 4. The van der Waals surface area contributed by atoms with Crippen LogP contribution >= 0.6 is 0 Å². The van der Waals surface area contributed by atoms with Gasteiger partial charge in [-0.1, -0.05) is 42.8 Å². The molecule has 1 amide bonds. The van der Waals surface area contributed by atoms with Crippen molar-refractivity contribution in [2.75, 3.05) is 5.32 Å². The zero-order valence-corrected chi connectivity index (χ0v) is 16.0. The number of carbonyl (C=O) groups is 2. The Morgan fingerprint density at radius 3 is 2.36 bits per heavy atom. The zero-order chi connectivity index (χ0) is 20.5. The third kappa shape index (κ3) is 6.79. The normalized spacial score (nSPS) is 13.1. The molecule has 0 aliphatic heterocycles. The van der Waals surface area contributed by atoms with E-state index in [1.165, 1.54) is 0 Å². The van der Waals surface area contributed by atoms with Crippen molar-refractivity contribution in [1.82, 2.24) is 0 Å². The fourth-order valence-corrected chi connectivity index (χ4v) is 2.77. The number of phenolic OH excluding ortho intramolecular Hbond substituents is 1. The van der Waals surface area contributed by atoms with Gasteiger partial charge in [0.15, 0.2) is 0 Å². The van der Waals surface area contributed by atoms with Crippen molar-refractivity contribution in [3.05, 3.63) is 71.8 Å². The molecule has 0 bridgehead atoms. The zero-order valence-electron chi connectivity index (χ0n) is 16.0. The number of rotatable bonds is 8. The Balaban J connectivity index is 2.08. The molecule has 0 saturated heterocycles. The first-order valence-electron chi connectivity index (χ1n) is 9.08. The maximum atomic E-state index is 12.4. The summed E-state index contributed by atoms with van der Waals surface area (Å²) in [5.74, 6) is -0.924. The minimum absolute atomic E-state index is 0.0632. The monoisotopic (exact) mass is 383 g/mol. The molecule has 2 aromatic carbocycles. The molecule has 0 spiro atoms. The van der Waals surface area contributed by atoms with Crippen LogP contribution in [-0.2, 0) is 9.53 Å². The molecule has 6 nitrogen and oxygen atoms in total. The van der Waals surface area contributed by atoms with Crippen LogP contribution in [-0.4, -0.2) is 22.3 Å². The van der Waals surface area contributed by atoms with E-state index in [0.29, 0.717) is 18.5 Å². The van der Waals surface area contributed by atoms with Crippen LogP contribution in [0.15, 0.2) is 60.7 Å². The minimum atomic E-state index is -0.989. The van der Waals surface area contributed by atoms with E-state index >= 15 is 0 Å². The molecule has 2 aromatic rings. The highest BCUT2D eigenvalue weighted by Gasteiger charge is 2.23. The average Bonchev–Trinajstić information content (AvgIpc) is 2.66. The number of allylic oxidation sites excluding steroid dienone is 1. The summed E-state index contributed by atoms with van der Waals surface area (Å²) < 4.78 is 5.68. The lowest BCUT2D eigenvalue weighted by atomic mass is 9.93. The molecule has 0 fully saturated rings. The summed E-state index contributed by atoms with van der Waals surface area (Å²) in [6, 6.07) is 13.9. The van der Waals surface area contributed by atoms with Crippen molar-refractivity contribution in [3.8, 4) is 5.75 Å². The van der Waals surface area contributed by atoms with E-state index in [1.54, 1.807) is 42.5 Å². The SMILES string of the molecule is Cc1ccc(NC(=O)O[C@H](c2ccc(O)cc2)[C@@H](C)CC/C=C/C(=O)O)cc1. The van der Waals surface area contributed by atoms with Crippen molar-refractivity contribution < 1.29 is 24.5 Å². The topological polar surface area (TPSA) is 95.9 Å². The summed E-state index contributed by atoms with van der Waals surface area (Å²) in [4.78, 5) is 23.0. The smallest absolute Gasteiger partial charge is 0.412 e. The summed E-state index contributed by atoms with van der Waals surface area (Å²) in [6.45, 7) is 3.90. The lowest BCUT2D eigenvalue weighted by Crippen LogP contribution is -2.22. The summed E-state index contributed by atoms with van der Waals surface area (Å²) in [6.07, 6.45) is 2.75. The molecule has 6 heteroatoms. The lowest BCUT2D eigenvalue weighted by Gasteiger charge is -2.24. The highest BCUT2D eigenvalue weighted by Crippen LogP contribution is 2.31. The fraction of sp³-hybridized carbons (Fsp3) is 0.273. The molecule has 0 aliphatic carbocycles. The van der Waals surface area contributed by atoms with E-state index < -0.39 is 18.2 Å². The number of benzene rings is 2. The largest absolute Gasteiger partial charge is 0.508 e. The van der Waals surface area contributed by atoms with E-state index in [9.17, 15) is 14.7 Å². The molecule has 0 radical (unpaired) electrons. The van der Waals surface area contributed by atoms with E-state index in [1.807, 2.05) is 26.0 Å². The van der Waals surface area contributed by atoms with Gasteiger partial charge in [-0.2, -0.15) is 0 Å². The Bertz CT molecular complexity index is 812. The first kappa shape index (κ1) is 21.0. The van der Waals surface area contributed by atoms with Crippen LogP contribution < -0.4 is 5.32 Å². The Labute approximate surface area is 164 Å². The second kappa shape index (κ2) is 10.2. The molecule has 28 heavy (non-hydrogen) atoms. The van der Waals surface area contributed by atoms with E-state index in [4.69, 9.17) is 9.84 Å². The van der Waals surface area contributed by atoms with Gasteiger partial charge >= 0.3 is 12.1 Å². The molecular weight excluding hydrogens is 358 g/mol. The van der Waals surface area contributed by atoms with Crippen LogP contribution in [0.5, 0.6) is 5.75 Å². The predicted molar refractivity (Wildman–Crippen MR) is 107 cm³/mol. The number of nitrogens with one attached hydrogen (secondary N) is 1. The number of ether oxygens (including phenoxy) is 1. The molecule has 0 aromatic heterocycles. The number of aromatic hydroxyl groups is 1. The van der Waals surface area contributed by atoms with Gasteiger partial charge in [0.2, 0.25) is 0 Å². The van der Waals surface area contributed by atoms with Crippen LogP contribution in [0.25, 0.3) is 0 Å². The van der Waals surface area contributed by atoms with Crippen LogP contribution in [0, 0.1) is 12.8 Å². The van der Waals surface area contributed by atoms with Crippen molar-refractivity contribution >= 4 is 17.7 Å². The number of amides is 1. The van der Waals surface area contributed by atoms with Crippen LogP contribution in [0.2, 0.25) is 0 Å². The first-order valence-corrected chi connectivity index (χ1v) is 9.08. The number of hydrogen-bond donors (Lipinski definition) is 3. The average molecular weight is 383 g/mol. The van der Waals surface area contributed by atoms with Crippen LogP contribution in [0.4, 0.5) is 10.5 Å². The third-order valence-corrected chi connectivity index (χ3v) is 4.32. The van der Waals surface area contributed by atoms with E-state index in [0.717, 1.165) is 17.2 Å². The Morgan fingerprint density at radius 2 is 1.75 bits per heavy atom. The highest BCUT2D eigenvalue weighted by molar-refractivity contribution is 5.84. The number of carboxylic acid groups (broad SMARTS) is 1. The van der Waals surface area contributed by atoms with E-state index in [2.05, 4.69) is 5.32 Å². The highest BCUT2D eigenvalue weighted by atomic mass is 16.6. The molecule has 0 unspecified atom stereocenters. The van der Waals surface area contributed by atoms with Gasteiger partial charge in [0, 0.05) is 11.8 Å². The lowest BCUT2D eigenvalue weighted by molar-refractivity contribution is -0.131. The van der Waals surface area contributed by atoms with Crippen LogP contribution in [0.3, 0.4) is 0 Å². The fourth-order valence-electron chi connectivity index (χ4n) is 2.77. The second-order valence-corrected chi connectivity index (χ2v) is 6.70. The van der Waals surface area contributed by atoms with Gasteiger partial charge in [0.1, 0.15) is 11.9 Å². The molecule has 2 atom stereocenters. The van der Waals surface area contributed by atoms with Crippen molar-refractivity contribution in [1.29, 1.82) is 0 Å².